The zero-order chi connectivity index (χ0) is 15.8. The molecule has 0 amide bonds. The first-order valence-corrected chi connectivity index (χ1v) is 7.90. The summed E-state index contributed by atoms with van der Waals surface area (Å²) >= 11 is 0. The summed E-state index contributed by atoms with van der Waals surface area (Å²) in [6.45, 7) is 14.4. The van der Waals surface area contributed by atoms with Gasteiger partial charge in [-0.3, -0.25) is 0 Å². The minimum atomic E-state index is 1.15. The topological polar surface area (TPSA) is 0 Å². The molecule has 0 radical (unpaired) electrons. The molecule has 0 saturated carbocycles. The van der Waals surface area contributed by atoms with Gasteiger partial charge in [-0.2, -0.15) is 0 Å². The van der Waals surface area contributed by atoms with Crippen LogP contribution in [0.3, 0.4) is 0 Å². The van der Waals surface area contributed by atoms with Gasteiger partial charge in [0.25, 0.3) is 0 Å². The number of hydrogen-bond donors (Lipinski definition) is 0. The Morgan fingerprint density at radius 2 is 1.67 bits per heavy atom. The van der Waals surface area contributed by atoms with Gasteiger partial charge in [0.1, 0.15) is 0 Å². The Kier molecular flexibility index (Phi) is 6.94. The summed E-state index contributed by atoms with van der Waals surface area (Å²) in [6.07, 6.45) is 8.36. The summed E-state index contributed by atoms with van der Waals surface area (Å²) in [5.41, 5.74) is 8.53. The molecule has 1 aliphatic rings. The second kappa shape index (κ2) is 8.46. The van der Waals surface area contributed by atoms with E-state index in [-0.39, 0.29) is 0 Å². The van der Waals surface area contributed by atoms with E-state index in [4.69, 9.17) is 0 Å². The molecule has 1 aromatic carbocycles. The van der Waals surface area contributed by atoms with Crippen LogP contribution in [0.2, 0.25) is 0 Å². The third kappa shape index (κ3) is 4.07. The minimum Gasteiger partial charge on any atom is -0.0991 e. The van der Waals surface area contributed by atoms with E-state index in [9.17, 15) is 0 Å². The molecule has 0 bridgehead atoms. The van der Waals surface area contributed by atoms with Crippen molar-refractivity contribution in [2.45, 2.75) is 47.5 Å². The van der Waals surface area contributed by atoms with Gasteiger partial charge in [-0.25, -0.2) is 0 Å². The lowest BCUT2D eigenvalue weighted by atomic mass is 9.82. The molecule has 2 rings (SSSR count). The maximum atomic E-state index is 3.76. The van der Waals surface area contributed by atoms with Crippen molar-refractivity contribution in [3.05, 3.63) is 76.9 Å². The van der Waals surface area contributed by atoms with Gasteiger partial charge in [0, 0.05) is 0 Å². The van der Waals surface area contributed by atoms with Gasteiger partial charge in [-0.1, -0.05) is 68.5 Å². The zero-order valence-corrected chi connectivity index (χ0v) is 14.2. The summed E-state index contributed by atoms with van der Waals surface area (Å²) in [5.74, 6) is 0. The lowest BCUT2D eigenvalue weighted by Crippen LogP contribution is -2.02. The first-order chi connectivity index (χ1) is 10.1. The molecule has 0 heterocycles. The molecular weight excluding hydrogens is 252 g/mol. The van der Waals surface area contributed by atoms with Crippen molar-refractivity contribution in [2.24, 2.45) is 0 Å². The fourth-order valence-electron chi connectivity index (χ4n) is 2.80. The maximum absolute atomic E-state index is 3.76. The number of aryl methyl sites for hydroxylation is 1. The predicted octanol–water partition coefficient (Wildman–Crippen LogP) is 6.65. The Bertz CT molecular complexity index is 580. The average molecular weight is 280 g/mol. The highest BCUT2D eigenvalue weighted by Gasteiger charge is 2.16. The number of allylic oxidation sites excluding steroid dienone is 7. The number of rotatable bonds is 3. The molecule has 1 aromatic rings. The van der Waals surface area contributed by atoms with Gasteiger partial charge < -0.3 is 0 Å². The van der Waals surface area contributed by atoms with Crippen molar-refractivity contribution in [3.63, 3.8) is 0 Å². The molecule has 0 nitrogen and oxygen atoms in total. The van der Waals surface area contributed by atoms with Gasteiger partial charge >= 0.3 is 0 Å². The molecule has 21 heavy (non-hydrogen) atoms. The summed E-state index contributed by atoms with van der Waals surface area (Å²) in [6, 6.07) is 8.67. The van der Waals surface area contributed by atoms with Crippen LogP contribution in [-0.2, 0) is 0 Å². The van der Waals surface area contributed by atoms with E-state index < -0.39 is 0 Å². The van der Waals surface area contributed by atoms with E-state index in [0.717, 1.165) is 12.8 Å². The Morgan fingerprint density at radius 1 is 1.00 bits per heavy atom. The van der Waals surface area contributed by atoms with E-state index in [0.29, 0.717) is 0 Å². The molecule has 0 spiro atoms. The molecular formula is C21H28. The Labute approximate surface area is 130 Å². The molecule has 0 unspecified atom stereocenters. The van der Waals surface area contributed by atoms with E-state index in [1.165, 1.54) is 33.4 Å². The first-order valence-electron chi connectivity index (χ1n) is 7.90. The van der Waals surface area contributed by atoms with Gasteiger partial charge in [0.05, 0.1) is 0 Å². The normalized spacial score (nSPS) is 15.1. The fraction of sp³-hybridized carbons (Fsp3) is 0.333. The largest absolute Gasteiger partial charge is 0.0991 e. The van der Waals surface area contributed by atoms with Gasteiger partial charge in [-0.05, 0) is 61.5 Å². The number of hydrogen-bond acceptors (Lipinski definition) is 0. The molecule has 0 heteroatoms. The summed E-state index contributed by atoms with van der Waals surface area (Å²) in [5, 5.41) is 0. The van der Waals surface area contributed by atoms with Gasteiger partial charge in [0.2, 0.25) is 0 Å². The third-order valence-electron chi connectivity index (χ3n) is 3.94. The smallest absolute Gasteiger partial charge is 0.0192 e. The quantitative estimate of drug-likeness (QED) is 0.544. The zero-order valence-electron chi connectivity index (χ0n) is 14.2. The van der Waals surface area contributed by atoms with Gasteiger partial charge in [-0.15, -0.1) is 0 Å². The summed E-state index contributed by atoms with van der Waals surface area (Å²) < 4.78 is 0. The molecule has 0 aliphatic heterocycles. The Balaban J connectivity index is 0.00000106. The molecule has 0 saturated heterocycles. The second-order valence-electron chi connectivity index (χ2n) is 5.21. The van der Waals surface area contributed by atoms with Crippen molar-refractivity contribution in [1.29, 1.82) is 0 Å². The van der Waals surface area contributed by atoms with Crippen LogP contribution >= 0.6 is 0 Å². The highest BCUT2D eigenvalue weighted by Crippen LogP contribution is 2.37. The van der Waals surface area contributed by atoms with Crippen molar-refractivity contribution in [2.75, 3.05) is 0 Å². The molecule has 1 aliphatic carbocycles. The fourth-order valence-corrected chi connectivity index (χ4v) is 2.80. The summed E-state index contributed by atoms with van der Waals surface area (Å²) in [7, 11) is 0. The van der Waals surface area contributed by atoms with Crippen LogP contribution < -0.4 is 0 Å². The van der Waals surface area contributed by atoms with Crippen LogP contribution in [0.4, 0.5) is 0 Å². The third-order valence-corrected chi connectivity index (χ3v) is 3.94. The SMILES string of the molecule is C=C/C=C\C1=C(C)CCC(c2ccccc2C)=C1C.CC. The maximum Gasteiger partial charge on any atom is -0.0192 e. The van der Waals surface area contributed by atoms with E-state index >= 15 is 0 Å². The average Bonchev–Trinajstić information content (AvgIpc) is 2.50. The monoisotopic (exact) mass is 280 g/mol. The van der Waals surface area contributed by atoms with Crippen molar-refractivity contribution < 1.29 is 0 Å². The van der Waals surface area contributed by atoms with Crippen molar-refractivity contribution in [3.8, 4) is 0 Å². The Morgan fingerprint density at radius 3 is 2.29 bits per heavy atom. The van der Waals surface area contributed by atoms with Crippen LogP contribution in [0, 0.1) is 6.92 Å². The summed E-state index contributed by atoms with van der Waals surface area (Å²) in [4.78, 5) is 0. The minimum absolute atomic E-state index is 1.15. The lowest BCUT2D eigenvalue weighted by Gasteiger charge is -2.22. The van der Waals surface area contributed by atoms with Gasteiger partial charge in [0.15, 0.2) is 0 Å². The molecule has 0 aromatic heterocycles. The predicted molar refractivity (Wildman–Crippen MR) is 96.4 cm³/mol. The van der Waals surface area contributed by atoms with Crippen LogP contribution in [0.15, 0.2) is 65.8 Å². The first kappa shape index (κ1) is 17.2. The standard InChI is InChI=1S/C19H22.C2H6/c1-5-6-10-17-15(3)12-13-19(16(17)4)18-11-8-7-9-14(18)2;1-2/h5-11H,1,12-13H2,2-4H3;1-2H3/b10-6-;. The van der Waals surface area contributed by atoms with Crippen LogP contribution in [-0.4, -0.2) is 0 Å². The van der Waals surface area contributed by atoms with Crippen molar-refractivity contribution >= 4 is 5.57 Å². The second-order valence-corrected chi connectivity index (χ2v) is 5.21. The van der Waals surface area contributed by atoms with E-state index in [1.807, 2.05) is 26.0 Å². The van der Waals surface area contributed by atoms with E-state index in [2.05, 4.69) is 57.7 Å². The lowest BCUT2D eigenvalue weighted by molar-refractivity contribution is 0.944. The van der Waals surface area contributed by atoms with Crippen LogP contribution in [0.5, 0.6) is 0 Å². The Hall–Kier alpha value is -1.82. The molecule has 112 valence electrons. The van der Waals surface area contributed by atoms with Crippen LogP contribution in [0.25, 0.3) is 5.57 Å². The molecule has 0 fully saturated rings. The molecule has 0 N–H and O–H groups in total. The highest BCUT2D eigenvalue weighted by atomic mass is 14.2. The number of benzene rings is 1. The van der Waals surface area contributed by atoms with Crippen LogP contribution in [0.1, 0.15) is 51.7 Å². The highest BCUT2D eigenvalue weighted by molar-refractivity contribution is 5.77. The van der Waals surface area contributed by atoms with Crippen molar-refractivity contribution in [1.82, 2.24) is 0 Å². The molecule has 0 atom stereocenters. The van der Waals surface area contributed by atoms with E-state index in [1.54, 1.807) is 0 Å².